The SMILES string of the molecule is COc1ccc(C2=NN3[C@H](C2)c2cccc(OC)c2OC32CCN(C(C)=O)CC2)cc1. The molecule has 1 fully saturated rings. The first-order valence-electron chi connectivity index (χ1n) is 10.7. The summed E-state index contributed by atoms with van der Waals surface area (Å²) >= 11 is 0. The molecular weight excluding hydrogens is 394 g/mol. The van der Waals surface area contributed by atoms with Gasteiger partial charge in [-0.1, -0.05) is 12.1 Å². The largest absolute Gasteiger partial charge is 0.497 e. The molecule has 3 aliphatic rings. The predicted octanol–water partition coefficient (Wildman–Crippen LogP) is 3.59. The molecule has 0 aliphatic carbocycles. The predicted molar refractivity (Wildman–Crippen MR) is 117 cm³/mol. The van der Waals surface area contributed by atoms with Crippen molar-refractivity contribution in [3.8, 4) is 17.2 Å². The number of hydrogen-bond donors (Lipinski definition) is 0. The third-order valence-electron chi connectivity index (χ3n) is 6.62. The number of ether oxygens (including phenoxy) is 3. The fourth-order valence-electron chi connectivity index (χ4n) is 4.89. The number of carbonyl (C=O) groups excluding carboxylic acids is 1. The zero-order valence-corrected chi connectivity index (χ0v) is 18.1. The van der Waals surface area contributed by atoms with Gasteiger partial charge in [0, 0.05) is 44.8 Å². The van der Waals surface area contributed by atoms with Gasteiger partial charge in [0.1, 0.15) is 5.75 Å². The van der Waals surface area contributed by atoms with E-state index >= 15 is 0 Å². The maximum absolute atomic E-state index is 11.9. The highest BCUT2D eigenvalue weighted by molar-refractivity contribution is 6.02. The molecule has 1 atom stereocenters. The Morgan fingerprint density at radius 2 is 1.84 bits per heavy atom. The topological polar surface area (TPSA) is 63.6 Å². The average molecular weight is 421 g/mol. The Balaban J connectivity index is 1.55. The van der Waals surface area contributed by atoms with Crippen LogP contribution in [0.5, 0.6) is 17.2 Å². The van der Waals surface area contributed by atoms with E-state index in [9.17, 15) is 4.79 Å². The van der Waals surface area contributed by atoms with Crippen LogP contribution in [0.2, 0.25) is 0 Å². The van der Waals surface area contributed by atoms with Gasteiger partial charge in [-0.25, -0.2) is 5.01 Å². The standard InChI is InChI=1S/C24H27N3O4/c1-16(28)26-13-11-24(12-14-26)27-21(19-5-4-6-22(30-3)23(19)31-24)15-20(25-27)17-7-9-18(29-2)10-8-17/h4-10,21H,11-15H2,1-3H3/t21-/m1/s1. The number of amides is 1. The van der Waals surface area contributed by atoms with Crippen LogP contribution in [0.4, 0.5) is 0 Å². The van der Waals surface area contributed by atoms with Crippen LogP contribution in [0, 0.1) is 0 Å². The summed E-state index contributed by atoms with van der Waals surface area (Å²) in [6.07, 6.45) is 2.17. The minimum Gasteiger partial charge on any atom is -0.497 e. The van der Waals surface area contributed by atoms with Gasteiger partial charge in [0.05, 0.1) is 26.0 Å². The molecule has 1 amide bonds. The summed E-state index contributed by atoms with van der Waals surface area (Å²) in [6, 6.07) is 14.1. The second-order valence-electron chi connectivity index (χ2n) is 8.27. The highest BCUT2D eigenvalue weighted by Crippen LogP contribution is 2.52. The molecule has 0 aromatic heterocycles. The number of methoxy groups -OCH3 is 2. The van der Waals surface area contributed by atoms with Crippen molar-refractivity contribution in [3.63, 3.8) is 0 Å². The molecule has 0 N–H and O–H groups in total. The molecule has 1 saturated heterocycles. The number of nitrogens with zero attached hydrogens (tertiary/aromatic N) is 3. The molecular formula is C24H27N3O4. The van der Waals surface area contributed by atoms with Gasteiger partial charge >= 0.3 is 0 Å². The van der Waals surface area contributed by atoms with Crippen LogP contribution in [-0.4, -0.2) is 54.6 Å². The quantitative estimate of drug-likeness (QED) is 0.758. The molecule has 5 rings (SSSR count). The molecule has 7 nitrogen and oxygen atoms in total. The average Bonchev–Trinajstić information content (AvgIpc) is 3.26. The van der Waals surface area contributed by atoms with E-state index in [-0.39, 0.29) is 11.9 Å². The summed E-state index contributed by atoms with van der Waals surface area (Å²) < 4.78 is 17.6. The summed E-state index contributed by atoms with van der Waals surface area (Å²) in [7, 11) is 3.34. The van der Waals surface area contributed by atoms with E-state index in [1.54, 1.807) is 21.1 Å². The van der Waals surface area contributed by atoms with Gasteiger partial charge in [-0.2, -0.15) is 5.10 Å². The van der Waals surface area contributed by atoms with Crippen LogP contribution in [0.1, 0.15) is 43.4 Å². The molecule has 31 heavy (non-hydrogen) atoms. The van der Waals surface area contributed by atoms with Gasteiger partial charge < -0.3 is 19.1 Å². The number of benzene rings is 2. The van der Waals surface area contributed by atoms with E-state index in [2.05, 4.69) is 23.2 Å². The number of para-hydroxylation sites is 1. The van der Waals surface area contributed by atoms with Gasteiger partial charge in [-0.15, -0.1) is 0 Å². The van der Waals surface area contributed by atoms with E-state index < -0.39 is 5.72 Å². The Hall–Kier alpha value is -3.22. The van der Waals surface area contributed by atoms with Crippen LogP contribution in [0.25, 0.3) is 0 Å². The molecule has 0 unspecified atom stereocenters. The molecule has 2 aromatic carbocycles. The van der Waals surface area contributed by atoms with Gasteiger partial charge in [0.15, 0.2) is 11.5 Å². The Bertz CT molecular complexity index is 1030. The Kier molecular flexibility index (Phi) is 4.76. The molecule has 1 spiro atoms. The number of rotatable bonds is 3. The first-order valence-corrected chi connectivity index (χ1v) is 10.7. The van der Waals surface area contributed by atoms with Crippen molar-refractivity contribution in [2.24, 2.45) is 5.10 Å². The number of carbonyl (C=O) groups is 1. The third-order valence-corrected chi connectivity index (χ3v) is 6.62. The molecule has 0 saturated carbocycles. The van der Waals surface area contributed by atoms with Crippen molar-refractivity contribution < 1.29 is 19.0 Å². The summed E-state index contributed by atoms with van der Waals surface area (Å²) in [5.41, 5.74) is 2.61. The molecule has 0 radical (unpaired) electrons. The molecule has 7 heteroatoms. The zero-order valence-electron chi connectivity index (χ0n) is 18.1. The van der Waals surface area contributed by atoms with Gasteiger partial charge in [0.25, 0.3) is 0 Å². The molecule has 3 heterocycles. The fourth-order valence-corrected chi connectivity index (χ4v) is 4.89. The van der Waals surface area contributed by atoms with E-state index in [0.29, 0.717) is 25.9 Å². The van der Waals surface area contributed by atoms with Crippen LogP contribution in [0.15, 0.2) is 47.6 Å². The third kappa shape index (κ3) is 3.19. The Morgan fingerprint density at radius 3 is 2.48 bits per heavy atom. The van der Waals surface area contributed by atoms with E-state index in [1.165, 1.54) is 0 Å². The number of likely N-dealkylation sites (tertiary alicyclic amines) is 1. The molecule has 0 bridgehead atoms. The number of hydrogen-bond acceptors (Lipinski definition) is 6. The second-order valence-corrected chi connectivity index (χ2v) is 8.27. The van der Waals surface area contributed by atoms with E-state index in [1.807, 2.05) is 29.2 Å². The molecule has 3 aliphatic heterocycles. The summed E-state index contributed by atoms with van der Waals surface area (Å²) in [6.45, 7) is 2.92. The summed E-state index contributed by atoms with van der Waals surface area (Å²) in [4.78, 5) is 13.8. The monoisotopic (exact) mass is 421 g/mol. The van der Waals surface area contributed by atoms with Crippen LogP contribution in [-0.2, 0) is 4.79 Å². The van der Waals surface area contributed by atoms with Crippen molar-refractivity contribution in [3.05, 3.63) is 53.6 Å². The minimum atomic E-state index is -0.591. The van der Waals surface area contributed by atoms with Crippen molar-refractivity contribution in [1.29, 1.82) is 0 Å². The lowest BCUT2D eigenvalue weighted by molar-refractivity contribution is -0.159. The summed E-state index contributed by atoms with van der Waals surface area (Å²) in [5, 5.41) is 7.22. The fraction of sp³-hybridized carbons (Fsp3) is 0.417. The second kappa shape index (κ2) is 7.48. The zero-order chi connectivity index (χ0) is 21.6. The minimum absolute atomic E-state index is 0.0693. The van der Waals surface area contributed by atoms with Crippen molar-refractivity contribution in [1.82, 2.24) is 9.91 Å². The Morgan fingerprint density at radius 1 is 1.10 bits per heavy atom. The van der Waals surface area contributed by atoms with Gasteiger partial charge in [-0.3, -0.25) is 4.79 Å². The Labute approximate surface area is 182 Å². The molecule has 2 aromatic rings. The van der Waals surface area contributed by atoms with Crippen LogP contribution >= 0.6 is 0 Å². The van der Waals surface area contributed by atoms with Crippen molar-refractivity contribution in [2.75, 3.05) is 27.3 Å². The molecule has 162 valence electrons. The lowest BCUT2D eigenvalue weighted by atomic mass is 9.90. The van der Waals surface area contributed by atoms with Gasteiger partial charge in [0.2, 0.25) is 11.6 Å². The van der Waals surface area contributed by atoms with Gasteiger partial charge in [-0.05, 0) is 35.9 Å². The first-order chi connectivity index (χ1) is 15.0. The smallest absolute Gasteiger partial charge is 0.219 e. The summed E-state index contributed by atoms with van der Waals surface area (Å²) in [5.74, 6) is 2.47. The highest BCUT2D eigenvalue weighted by atomic mass is 16.5. The highest BCUT2D eigenvalue weighted by Gasteiger charge is 2.52. The number of piperidine rings is 1. The van der Waals surface area contributed by atoms with E-state index in [4.69, 9.17) is 19.3 Å². The number of fused-ring (bicyclic) bond motifs is 4. The lowest BCUT2D eigenvalue weighted by Crippen LogP contribution is -2.59. The normalized spacial score (nSPS) is 21.1. The van der Waals surface area contributed by atoms with Crippen molar-refractivity contribution in [2.45, 2.75) is 38.0 Å². The van der Waals surface area contributed by atoms with Crippen LogP contribution in [0.3, 0.4) is 0 Å². The number of hydrazone groups is 1. The van der Waals surface area contributed by atoms with E-state index in [0.717, 1.165) is 40.5 Å². The maximum Gasteiger partial charge on any atom is 0.219 e. The van der Waals surface area contributed by atoms with Crippen molar-refractivity contribution >= 4 is 11.6 Å². The first kappa shape index (κ1) is 19.7. The maximum atomic E-state index is 11.9. The van der Waals surface area contributed by atoms with Crippen LogP contribution < -0.4 is 14.2 Å². The lowest BCUT2D eigenvalue weighted by Gasteiger charge is -2.51.